The first kappa shape index (κ1) is 31.4. The predicted octanol–water partition coefficient (Wildman–Crippen LogP) is 5.59. The summed E-state index contributed by atoms with van der Waals surface area (Å²) < 4.78 is 5.46. The number of carbonyl (C=O) groups excluding carboxylic acids is 3. The van der Waals surface area contributed by atoms with E-state index in [1.54, 1.807) is 45.0 Å². The van der Waals surface area contributed by atoms with E-state index in [2.05, 4.69) is 16.6 Å². The molecule has 39 heavy (non-hydrogen) atoms. The SMILES string of the molecule is C#Cc1ccccc1C(C(=O)NCc1ccccc1)N(C(=O)C(CC(C)C)NC(=O)OC(C)(C)C)C(C)(C)C. The number of alkyl carbamates (subject to hydrolysis) is 1. The Hall–Kier alpha value is -3.79. The Kier molecular flexibility index (Phi) is 10.7. The first-order valence-corrected chi connectivity index (χ1v) is 13.3. The van der Waals surface area contributed by atoms with Crippen molar-refractivity contribution in [2.45, 2.75) is 91.6 Å². The van der Waals surface area contributed by atoms with Crippen LogP contribution in [0.5, 0.6) is 0 Å². The van der Waals surface area contributed by atoms with Crippen molar-refractivity contribution in [1.82, 2.24) is 15.5 Å². The molecular formula is C32H43N3O4. The number of hydrogen-bond acceptors (Lipinski definition) is 4. The van der Waals surface area contributed by atoms with Gasteiger partial charge in [-0.25, -0.2) is 4.79 Å². The van der Waals surface area contributed by atoms with Gasteiger partial charge in [-0.3, -0.25) is 9.59 Å². The molecule has 7 nitrogen and oxygen atoms in total. The third kappa shape index (κ3) is 9.47. The molecule has 0 spiro atoms. The second-order valence-corrected chi connectivity index (χ2v) is 12.0. The zero-order chi connectivity index (χ0) is 29.4. The molecular weight excluding hydrogens is 490 g/mol. The topological polar surface area (TPSA) is 87.7 Å². The second kappa shape index (κ2) is 13.3. The average Bonchev–Trinajstić information content (AvgIpc) is 2.83. The molecule has 0 saturated carbocycles. The molecule has 0 aliphatic carbocycles. The summed E-state index contributed by atoms with van der Waals surface area (Å²) in [5.41, 5.74) is 0.436. The Balaban J connectivity index is 2.58. The molecule has 2 atom stereocenters. The Morgan fingerprint density at radius 3 is 2.08 bits per heavy atom. The average molecular weight is 534 g/mol. The summed E-state index contributed by atoms with van der Waals surface area (Å²) in [6.45, 7) is 15.1. The van der Waals surface area contributed by atoms with Gasteiger partial charge in [-0.2, -0.15) is 0 Å². The van der Waals surface area contributed by atoms with Crippen LogP contribution in [0.2, 0.25) is 0 Å². The molecule has 2 N–H and O–H groups in total. The van der Waals surface area contributed by atoms with Gasteiger partial charge in [0.25, 0.3) is 0 Å². The number of nitrogens with one attached hydrogen (secondary N) is 2. The molecule has 0 heterocycles. The summed E-state index contributed by atoms with van der Waals surface area (Å²) in [6.07, 6.45) is 5.50. The highest BCUT2D eigenvalue weighted by Gasteiger charge is 2.42. The van der Waals surface area contributed by atoms with Gasteiger partial charge in [-0.15, -0.1) is 6.42 Å². The van der Waals surface area contributed by atoms with Crippen molar-refractivity contribution in [3.8, 4) is 12.3 Å². The van der Waals surface area contributed by atoms with E-state index in [-0.39, 0.29) is 18.4 Å². The van der Waals surface area contributed by atoms with Gasteiger partial charge < -0.3 is 20.3 Å². The minimum atomic E-state index is -1.04. The van der Waals surface area contributed by atoms with Crippen molar-refractivity contribution >= 4 is 17.9 Å². The second-order valence-electron chi connectivity index (χ2n) is 12.0. The van der Waals surface area contributed by atoms with Crippen LogP contribution in [0.3, 0.4) is 0 Å². The molecule has 7 heteroatoms. The fraction of sp³-hybridized carbons (Fsp3) is 0.469. The standard InChI is InChI=1S/C32H43N3O4/c1-10-24-18-14-15-19-25(24)27(28(36)33-21-23-16-12-11-13-17-23)35(31(4,5)6)29(37)26(20-22(2)3)34-30(38)39-32(7,8)9/h1,11-19,22,26-27H,20-21H2,2-9H3,(H,33,36)(H,34,38). The number of nitrogens with zero attached hydrogens (tertiary/aromatic N) is 1. The number of ether oxygens (including phenoxy) is 1. The molecule has 0 aromatic heterocycles. The van der Waals surface area contributed by atoms with E-state index >= 15 is 0 Å². The Labute approximate surface area is 233 Å². The molecule has 2 aromatic carbocycles. The van der Waals surface area contributed by atoms with Crippen LogP contribution < -0.4 is 10.6 Å². The van der Waals surface area contributed by atoms with Crippen molar-refractivity contribution in [2.24, 2.45) is 5.92 Å². The maximum atomic E-state index is 14.3. The Morgan fingerprint density at radius 1 is 0.949 bits per heavy atom. The number of carbonyl (C=O) groups is 3. The zero-order valence-electron chi connectivity index (χ0n) is 24.5. The van der Waals surface area contributed by atoms with Gasteiger partial charge >= 0.3 is 6.09 Å². The first-order valence-electron chi connectivity index (χ1n) is 13.3. The number of hydrogen-bond donors (Lipinski definition) is 2. The van der Waals surface area contributed by atoms with E-state index in [0.29, 0.717) is 17.5 Å². The largest absolute Gasteiger partial charge is 0.444 e. The molecule has 210 valence electrons. The van der Waals surface area contributed by atoms with E-state index in [0.717, 1.165) is 5.56 Å². The van der Waals surface area contributed by atoms with Crippen molar-refractivity contribution < 1.29 is 19.1 Å². The molecule has 2 unspecified atom stereocenters. The maximum absolute atomic E-state index is 14.3. The smallest absolute Gasteiger partial charge is 0.408 e. The Bertz CT molecular complexity index is 1170. The van der Waals surface area contributed by atoms with Crippen molar-refractivity contribution in [2.75, 3.05) is 0 Å². The van der Waals surface area contributed by atoms with Gasteiger partial charge in [0.05, 0.1) is 0 Å². The lowest BCUT2D eigenvalue weighted by atomic mass is 9.91. The van der Waals surface area contributed by atoms with Crippen LogP contribution in [0.1, 0.15) is 84.5 Å². The monoisotopic (exact) mass is 533 g/mol. The van der Waals surface area contributed by atoms with Crippen LogP contribution >= 0.6 is 0 Å². The highest BCUT2D eigenvalue weighted by molar-refractivity contribution is 5.93. The molecule has 0 bridgehead atoms. The Morgan fingerprint density at radius 2 is 1.54 bits per heavy atom. The van der Waals surface area contributed by atoms with Crippen molar-refractivity contribution in [3.63, 3.8) is 0 Å². The van der Waals surface area contributed by atoms with Gasteiger partial charge in [0.15, 0.2) is 0 Å². The van der Waals surface area contributed by atoms with Gasteiger partial charge in [0, 0.05) is 17.6 Å². The molecule has 2 aromatic rings. The molecule has 3 amide bonds. The maximum Gasteiger partial charge on any atom is 0.408 e. The first-order chi connectivity index (χ1) is 18.1. The third-order valence-corrected chi connectivity index (χ3v) is 5.88. The summed E-state index contributed by atoms with van der Waals surface area (Å²) >= 11 is 0. The molecule has 0 aliphatic heterocycles. The third-order valence-electron chi connectivity index (χ3n) is 5.88. The lowest BCUT2D eigenvalue weighted by Crippen LogP contribution is -2.59. The predicted molar refractivity (Wildman–Crippen MR) is 155 cm³/mol. The van der Waals surface area contributed by atoms with Crippen LogP contribution in [0.25, 0.3) is 0 Å². The number of terminal acetylenes is 1. The lowest BCUT2D eigenvalue weighted by Gasteiger charge is -2.43. The van der Waals surface area contributed by atoms with Crippen molar-refractivity contribution in [3.05, 3.63) is 71.3 Å². The van der Waals surface area contributed by atoms with Crippen molar-refractivity contribution in [1.29, 1.82) is 0 Å². The minimum absolute atomic E-state index is 0.0825. The van der Waals surface area contributed by atoms with Crippen LogP contribution in [0.15, 0.2) is 54.6 Å². The summed E-state index contributed by atoms with van der Waals surface area (Å²) in [5, 5.41) is 5.76. The van der Waals surface area contributed by atoms with Crippen LogP contribution in [-0.4, -0.2) is 40.0 Å². The van der Waals surface area contributed by atoms with E-state index < -0.39 is 35.2 Å². The van der Waals surface area contributed by atoms with Crippen LogP contribution in [0.4, 0.5) is 4.79 Å². The number of amides is 3. The number of benzene rings is 2. The minimum Gasteiger partial charge on any atom is -0.444 e. The van der Waals surface area contributed by atoms with E-state index in [1.165, 1.54) is 4.90 Å². The van der Waals surface area contributed by atoms with Gasteiger partial charge in [0.2, 0.25) is 11.8 Å². The van der Waals surface area contributed by atoms with Gasteiger partial charge in [0.1, 0.15) is 17.7 Å². The van der Waals surface area contributed by atoms with E-state index in [9.17, 15) is 14.4 Å². The van der Waals surface area contributed by atoms with E-state index in [4.69, 9.17) is 11.2 Å². The summed E-state index contributed by atoms with van der Waals surface area (Å²) in [6, 6.07) is 14.7. The molecule has 2 rings (SSSR count). The van der Waals surface area contributed by atoms with Crippen LogP contribution in [-0.2, 0) is 20.9 Å². The van der Waals surface area contributed by atoms with Gasteiger partial charge in [-0.05, 0) is 71.1 Å². The molecule has 0 saturated heterocycles. The quantitative estimate of drug-likeness (QED) is 0.411. The fourth-order valence-corrected chi connectivity index (χ4v) is 4.30. The molecule has 0 fully saturated rings. The summed E-state index contributed by atoms with van der Waals surface area (Å²) in [7, 11) is 0. The highest BCUT2D eigenvalue weighted by atomic mass is 16.6. The van der Waals surface area contributed by atoms with Gasteiger partial charge in [-0.1, -0.05) is 68.3 Å². The number of rotatable bonds is 9. The zero-order valence-corrected chi connectivity index (χ0v) is 24.5. The van der Waals surface area contributed by atoms with Crippen LogP contribution in [0, 0.1) is 18.3 Å². The molecule has 0 radical (unpaired) electrons. The normalized spacial score (nSPS) is 13.1. The summed E-state index contributed by atoms with van der Waals surface area (Å²) in [5.74, 6) is 1.98. The lowest BCUT2D eigenvalue weighted by molar-refractivity contribution is -0.148. The molecule has 0 aliphatic rings. The highest BCUT2D eigenvalue weighted by Crippen LogP contribution is 2.32. The van der Waals surface area contributed by atoms with E-state index in [1.807, 2.05) is 65.0 Å². The summed E-state index contributed by atoms with van der Waals surface area (Å²) in [4.78, 5) is 42.6. The fourth-order valence-electron chi connectivity index (χ4n) is 4.30.